The topological polar surface area (TPSA) is 127 Å². The Labute approximate surface area is 185 Å². The van der Waals surface area contributed by atoms with E-state index in [0.717, 1.165) is 11.1 Å². The minimum atomic E-state index is -0.849. The first kappa shape index (κ1) is 21.7. The lowest BCUT2D eigenvalue weighted by atomic mass is 10.0. The molecule has 1 aliphatic heterocycles. The summed E-state index contributed by atoms with van der Waals surface area (Å²) < 4.78 is 5.24. The third kappa shape index (κ3) is 4.39. The van der Waals surface area contributed by atoms with Gasteiger partial charge in [0.05, 0.1) is 18.4 Å². The van der Waals surface area contributed by atoms with Crippen LogP contribution < -0.4 is 5.73 Å². The molecule has 0 aliphatic carbocycles. The maximum atomic E-state index is 13.4. The normalized spacial score (nSPS) is 19.2. The van der Waals surface area contributed by atoms with Crippen LogP contribution in [0.5, 0.6) is 0 Å². The molecule has 0 bridgehead atoms. The summed E-state index contributed by atoms with van der Waals surface area (Å²) in [5, 5.41) is 17.7. The summed E-state index contributed by atoms with van der Waals surface area (Å²) in [4.78, 5) is 24.2. The number of hydrogen-bond donors (Lipinski definition) is 2. The third-order valence-corrected chi connectivity index (χ3v) is 5.44. The molecular formula is C23H25N5O4. The molecule has 4 rings (SSSR count). The van der Waals surface area contributed by atoms with Gasteiger partial charge in [0.2, 0.25) is 5.89 Å². The highest BCUT2D eigenvalue weighted by atomic mass is 16.6. The van der Waals surface area contributed by atoms with Gasteiger partial charge < -0.3 is 25.1 Å². The fourth-order valence-electron chi connectivity index (χ4n) is 3.67. The number of oxime groups is 1. The highest BCUT2D eigenvalue weighted by molar-refractivity contribution is 6.00. The van der Waals surface area contributed by atoms with Crippen molar-refractivity contribution in [2.45, 2.75) is 31.5 Å². The van der Waals surface area contributed by atoms with E-state index in [1.807, 2.05) is 42.5 Å². The number of benzene rings is 2. The molecule has 3 atom stereocenters. The predicted molar refractivity (Wildman–Crippen MR) is 118 cm³/mol. The van der Waals surface area contributed by atoms with Crippen LogP contribution >= 0.6 is 0 Å². The molecule has 1 saturated heterocycles. The number of aliphatic hydroxyl groups excluding tert-OH is 1. The van der Waals surface area contributed by atoms with Gasteiger partial charge in [-0.1, -0.05) is 52.8 Å². The van der Waals surface area contributed by atoms with Crippen molar-refractivity contribution < 1.29 is 19.3 Å². The standard InChI is InChI=1S/C23H25N5O4/c1-14(29)20(24)22-25-21(27-32-22)19-12-18(26-31-2)13-28(19)23(30)17-10-8-16(9-11-17)15-6-4-3-5-7-15/h3-11,14,19-20,29H,12-13,24H2,1-2H3/t14-,19+,20+/m1/s1. The fraction of sp³-hybridized carbons (Fsp3) is 0.304. The first-order valence-corrected chi connectivity index (χ1v) is 10.3. The number of nitrogens with zero attached hydrogens (tertiary/aromatic N) is 4. The molecule has 3 N–H and O–H groups in total. The van der Waals surface area contributed by atoms with Crippen molar-refractivity contribution in [3.63, 3.8) is 0 Å². The van der Waals surface area contributed by atoms with Crippen LogP contribution in [-0.4, -0.2) is 51.5 Å². The summed E-state index contributed by atoms with van der Waals surface area (Å²) in [6, 6.07) is 16.1. The van der Waals surface area contributed by atoms with Crippen molar-refractivity contribution in [1.29, 1.82) is 0 Å². The lowest BCUT2D eigenvalue weighted by Gasteiger charge is -2.21. The molecule has 1 aliphatic rings. The molecule has 1 fully saturated rings. The van der Waals surface area contributed by atoms with Gasteiger partial charge >= 0.3 is 0 Å². The minimum Gasteiger partial charge on any atom is -0.399 e. The van der Waals surface area contributed by atoms with Crippen molar-refractivity contribution in [2.75, 3.05) is 13.7 Å². The van der Waals surface area contributed by atoms with Gasteiger partial charge in [-0.15, -0.1) is 0 Å². The lowest BCUT2D eigenvalue weighted by molar-refractivity contribution is 0.0732. The van der Waals surface area contributed by atoms with Crippen LogP contribution in [0, 0.1) is 0 Å². The maximum Gasteiger partial charge on any atom is 0.254 e. The lowest BCUT2D eigenvalue weighted by Crippen LogP contribution is -2.32. The number of carbonyl (C=O) groups excluding carboxylic acids is 1. The zero-order chi connectivity index (χ0) is 22.7. The smallest absolute Gasteiger partial charge is 0.254 e. The van der Waals surface area contributed by atoms with Crippen LogP contribution in [0.1, 0.15) is 47.5 Å². The molecule has 32 heavy (non-hydrogen) atoms. The Kier molecular flexibility index (Phi) is 6.29. The van der Waals surface area contributed by atoms with Crippen LogP contribution in [0.15, 0.2) is 64.3 Å². The van der Waals surface area contributed by atoms with Crippen molar-refractivity contribution in [3.8, 4) is 11.1 Å². The monoisotopic (exact) mass is 435 g/mol. The van der Waals surface area contributed by atoms with Crippen LogP contribution in [-0.2, 0) is 4.84 Å². The molecule has 2 aromatic carbocycles. The van der Waals surface area contributed by atoms with Crippen molar-refractivity contribution >= 4 is 11.6 Å². The Bertz CT molecular complexity index is 1100. The van der Waals surface area contributed by atoms with Crippen molar-refractivity contribution in [3.05, 3.63) is 71.9 Å². The Morgan fingerprint density at radius 2 is 1.91 bits per heavy atom. The summed E-state index contributed by atoms with van der Waals surface area (Å²) >= 11 is 0. The molecular weight excluding hydrogens is 410 g/mol. The van der Waals surface area contributed by atoms with E-state index in [2.05, 4.69) is 15.3 Å². The maximum absolute atomic E-state index is 13.4. The number of aliphatic hydroxyl groups is 1. The second-order valence-electron chi connectivity index (χ2n) is 7.69. The van der Waals surface area contributed by atoms with E-state index < -0.39 is 18.2 Å². The van der Waals surface area contributed by atoms with Crippen molar-refractivity contribution in [1.82, 2.24) is 15.0 Å². The average Bonchev–Trinajstić information content (AvgIpc) is 3.46. The van der Waals surface area contributed by atoms with Gasteiger partial charge in [-0.25, -0.2) is 0 Å². The Morgan fingerprint density at radius 1 is 1.22 bits per heavy atom. The number of hydrogen-bond acceptors (Lipinski definition) is 8. The first-order valence-electron chi connectivity index (χ1n) is 10.3. The predicted octanol–water partition coefficient (Wildman–Crippen LogP) is 2.71. The molecule has 0 saturated carbocycles. The summed E-state index contributed by atoms with van der Waals surface area (Å²) in [5.74, 6) is 0.250. The van der Waals surface area contributed by atoms with E-state index in [0.29, 0.717) is 23.5 Å². The van der Waals surface area contributed by atoms with Crippen LogP contribution in [0.2, 0.25) is 0 Å². The van der Waals surface area contributed by atoms with Gasteiger partial charge in [0.1, 0.15) is 19.2 Å². The van der Waals surface area contributed by atoms with E-state index in [1.54, 1.807) is 24.0 Å². The Balaban J connectivity index is 1.59. The largest absolute Gasteiger partial charge is 0.399 e. The SMILES string of the molecule is CON=C1C[C@@H](c2noc([C@@H](N)[C@@H](C)O)n2)N(C(=O)c2ccc(-c3ccccc3)cc2)C1. The van der Waals surface area contributed by atoms with Crippen molar-refractivity contribution in [2.24, 2.45) is 10.9 Å². The molecule has 2 heterocycles. The highest BCUT2D eigenvalue weighted by Crippen LogP contribution is 2.32. The van der Waals surface area contributed by atoms with E-state index >= 15 is 0 Å². The quantitative estimate of drug-likeness (QED) is 0.570. The molecule has 1 amide bonds. The van der Waals surface area contributed by atoms with Gasteiger partial charge in [-0.05, 0) is 30.2 Å². The van der Waals surface area contributed by atoms with Gasteiger partial charge in [0.25, 0.3) is 5.91 Å². The van der Waals surface area contributed by atoms with Crippen LogP contribution in [0.4, 0.5) is 0 Å². The molecule has 166 valence electrons. The van der Waals surface area contributed by atoms with E-state index in [9.17, 15) is 9.90 Å². The molecule has 0 radical (unpaired) electrons. The zero-order valence-corrected chi connectivity index (χ0v) is 17.9. The summed E-state index contributed by atoms with van der Waals surface area (Å²) in [7, 11) is 1.46. The second kappa shape index (κ2) is 9.29. The molecule has 9 heteroatoms. The number of amides is 1. The third-order valence-electron chi connectivity index (χ3n) is 5.44. The Morgan fingerprint density at radius 3 is 2.56 bits per heavy atom. The van der Waals surface area contributed by atoms with Gasteiger partial charge in [-0.2, -0.15) is 4.98 Å². The number of nitrogens with two attached hydrogens (primary N) is 1. The summed E-state index contributed by atoms with van der Waals surface area (Å²) in [6.07, 6.45) is -0.441. The Hall–Kier alpha value is -3.56. The highest BCUT2D eigenvalue weighted by Gasteiger charge is 2.38. The average molecular weight is 435 g/mol. The van der Waals surface area contributed by atoms with E-state index in [-0.39, 0.29) is 18.3 Å². The molecule has 3 aromatic rings. The van der Waals surface area contributed by atoms with E-state index in [1.165, 1.54) is 7.11 Å². The van der Waals surface area contributed by atoms with Crippen LogP contribution in [0.25, 0.3) is 11.1 Å². The van der Waals surface area contributed by atoms with Gasteiger partial charge in [0, 0.05) is 12.0 Å². The molecule has 0 spiro atoms. The fourth-order valence-corrected chi connectivity index (χ4v) is 3.67. The molecule has 0 unspecified atom stereocenters. The number of rotatable bonds is 6. The number of likely N-dealkylation sites (tertiary alicyclic amines) is 1. The minimum absolute atomic E-state index is 0.117. The molecule has 9 nitrogen and oxygen atoms in total. The van der Waals surface area contributed by atoms with E-state index in [4.69, 9.17) is 15.1 Å². The summed E-state index contributed by atoms with van der Waals surface area (Å²) in [6.45, 7) is 1.83. The van der Waals surface area contributed by atoms with Gasteiger partial charge in [-0.3, -0.25) is 4.79 Å². The second-order valence-corrected chi connectivity index (χ2v) is 7.69. The zero-order valence-electron chi connectivity index (χ0n) is 17.9. The van der Waals surface area contributed by atoms with Gasteiger partial charge in [0.15, 0.2) is 5.82 Å². The molecule has 1 aromatic heterocycles. The first-order chi connectivity index (χ1) is 15.5. The number of carbonyl (C=O) groups is 1. The number of aromatic nitrogens is 2. The summed E-state index contributed by atoms with van der Waals surface area (Å²) in [5.41, 5.74) is 9.24. The van der Waals surface area contributed by atoms with Crippen LogP contribution in [0.3, 0.4) is 0 Å².